The zero-order valence-corrected chi connectivity index (χ0v) is 11.1. The van der Waals surface area contributed by atoms with E-state index in [4.69, 9.17) is 4.74 Å². The fourth-order valence-corrected chi connectivity index (χ4v) is 1.73. The summed E-state index contributed by atoms with van der Waals surface area (Å²) < 4.78 is 4.90. The number of nitrogens with zero attached hydrogens (tertiary/aromatic N) is 1. The Morgan fingerprint density at radius 3 is 2.50 bits per heavy atom. The maximum absolute atomic E-state index is 12.1. The number of carbonyl (C=O) groups is 3. The molecule has 1 aliphatic heterocycles. The molecule has 1 aromatic carbocycles. The Labute approximate surface area is 116 Å². The van der Waals surface area contributed by atoms with Crippen molar-refractivity contribution in [1.29, 1.82) is 0 Å². The fourth-order valence-electron chi connectivity index (χ4n) is 1.73. The van der Waals surface area contributed by atoms with Gasteiger partial charge in [-0.05, 0) is 26.0 Å². The van der Waals surface area contributed by atoms with Gasteiger partial charge in [0.25, 0.3) is 5.91 Å². The molecule has 1 fully saturated rings. The molecule has 1 aromatic rings. The highest BCUT2D eigenvalue weighted by Crippen LogP contribution is 2.20. The van der Waals surface area contributed by atoms with Gasteiger partial charge >= 0.3 is 12.0 Å². The number of urea groups is 1. The van der Waals surface area contributed by atoms with Crippen LogP contribution in [0.25, 0.3) is 0 Å². The summed E-state index contributed by atoms with van der Waals surface area (Å²) in [5.74, 6) is -1.25. The molecule has 0 atom stereocenters. The van der Waals surface area contributed by atoms with E-state index in [1.54, 1.807) is 44.2 Å². The molecule has 1 aliphatic rings. The zero-order chi connectivity index (χ0) is 14.7. The SMILES string of the molecule is CC(C)OC(=O)/C=C1\NC(=O)N(c2ccccc2)C1=O. The molecule has 1 heterocycles. The third kappa shape index (κ3) is 2.85. The van der Waals surface area contributed by atoms with Gasteiger partial charge in [0, 0.05) is 0 Å². The lowest BCUT2D eigenvalue weighted by Crippen LogP contribution is -2.30. The number of hydrogen-bond donors (Lipinski definition) is 1. The van der Waals surface area contributed by atoms with Gasteiger partial charge in [-0.25, -0.2) is 14.5 Å². The normalized spacial score (nSPS) is 16.8. The van der Waals surface area contributed by atoms with Crippen LogP contribution in [0, 0.1) is 0 Å². The second kappa shape index (κ2) is 5.56. The molecule has 0 unspecified atom stereocenters. The average Bonchev–Trinajstić information content (AvgIpc) is 2.64. The molecule has 6 nitrogen and oxygen atoms in total. The van der Waals surface area contributed by atoms with Gasteiger partial charge in [0.15, 0.2) is 0 Å². The summed E-state index contributed by atoms with van der Waals surface area (Å²) in [5.41, 5.74) is 0.347. The van der Waals surface area contributed by atoms with Crippen LogP contribution in [0.3, 0.4) is 0 Å². The van der Waals surface area contributed by atoms with Crippen molar-refractivity contribution >= 4 is 23.6 Å². The van der Waals surface area contributed by atoms with E-state index in [0.717, 1.165) is 11.0 Å². The van der Waals surface area contributed by atoms with Crippen molar-refractivity contribution in [1.82, 2.24) is 5.32 Å². The first-order valence-electron chi connectivity index (χ1n) is 6.12. The van der Waals surface area contributed by atoms with E-state index in [1.807, 2.05) is 0 Å². The van der Waals surface area contributed by atoms with Crippen LogP contribution in [0.15, 0.2) is 42.1 Å². The highest BCUT2D eigenvalue weighted by atomic mass is 16.5. The Balaban J connectivity index is 2.21. The fraction of sp³-hybridized carbons (Fsp3) is 0.214. The van der Waals surface area contributed by atoms with Gasteiger partial charge in [-0.3, -0.25) is 4.79 Å². The predicted octanol–water partition coefficient (Wildman–Crippen LogP) is 1.58. The van der Waals surface area contributed by atoms with Crippen molar-refractivity contribution in [2.45, 2.75) is 20.0 Å². The topological polar surface area (TPSA) is 75.7 Å². The van der Waals surface area contributed by atoms with Gasteiger partial charge in [0.1, 0.15) is 5.70 Å². The molecule has 1 N–H and O–H groups in total. The van der Waals surface area contributed by atoms with Gasteiger partial charge in [-0.15, -0.1) is 0 Å². The maximum Gasteiger partial charge on any atom is 0.333 e. The molecule has 1 saturated heterocycles. The second-order valence-electron chi connectivity index (χ2n) is 4.45. The monoisotopic (exact) mass is 274 g/mol. The second-order valence-corrected chi connectivity index (χ2v) is 4.45. The number of anilines is 1. The third-order valence-corrected chi connectivity index (χ3v) is 2.51. The lowest BCUT2D eigenvalue weighted by molar-refractivity contribution is -0.141. The average molecular weight is 274 g/mol. The molecular weight excluding hydrogens is 260 g/mol. The summed E-state index contributed by atoms with van der Waals surface area (Å²) in [6.45, 7) is 3.39. The Morgan fingerprint density at radius 2 is 1.90 bits per heavy atom. The molecule has 0 saturated carbocycles. The Bertz CT molecular complexity index is 578. The summed E-state index contributed by atoms with van der Waals surface area (Å²) >= 11 is 0. The van der Waals surface area contributed by atoms with E-state index in [-0.39, 0.29) is 11.8 Å². The lowest BCUT2D eigenvalue weighted by Gasteiger charge is -2.10. The van der Waals surface area contributed by atoms with E-state index in [9.17, 15) is 14.4 Å². The minimum absolute atomic E-state index is 0.0931. The summed E-state index contributed by atoms with van der Waals surface area (Å²) in [6, 6.07) is 7.87. The predicted molar refractivity (Wildman–Crippen MR) is 71.8 cm³/mol. The van der Waals surface area contributed by atoms with Crippen LogP contribution in [-0.2, 0) is 14.3 Å². The number of imide groups is 1. The highest BCUT2D eigenvalue weighted by Gasteiger charge is 2.35. The van der Waals surface area contributed by atoms with Crippen molar-refractivity contribution < 1.29 is 19.1 Å². The van der Waals surface area contributed by atoms with Gasteiger partial charge in [-0.1, -0.05) is 18.2 Å². The lowest BCUT2D eigenvalue weighted by atomic mass is 10.3. The molecule has 3 amide bonds. The molecule has 0 spiro atoms. The summed E-state index contributed by atoms with van der Waals surface area (Å²) in [4.78, 5) is 36.4. The Hall–Kier alpha value is -2.63. The summed E-state index contributed by atoms with van der Waals surface area (Å²) in [5, 5.41) is 2.35. The number of esters is 1. The van der Waals surface area contributed by atoms with Crippen molar-refractivity contribution in [3.8, 4) is 0 Å². The smallest absolute Gasteiger partial charge is 0.333 e. The van der Waals surface area contributed by atoms with E-state index in [1.165, 1.54) is 0 Å². The van der Waals surface area contributed by atoms with E-state index in [0.29, 0.717) is 5.69 Å². The molecule has 104 valence electrons. The minimum Gasteiger partial charge on any atom is -0.460 e. The number of benzene rings is 1. The van der Waals surface area contributed by atoms with E-state index < -0.39 is 17.9 Å². The number of para-hydroxylation sites is 1. The van der Waals surface area contributed by atoms with Crippen molar-refractivity contribution in [3.63, 3.8) is 0 Å². The van der Waals surface area contributed by atoms with Crippen LogP contribution < -0.4 is 10.2 Å². The van der Waals surface area contributed by atoms with E-state index in [2.05, 4.69) is 5.32 Å². The Kier molecular flexibility index (Phi) is 3.84. The molecule has 0 aromatic heterocycles. The van der Waals surface area contributed by atoms with E-state index >= 15 is 0 Å². The molecule has 20 heavy (non-hydrogen) atoms. The third-order valence-electron chi connectivity index (χ3n) is 2.51. The number of amides is 3. The summed E-state index contributed by atoms with van der Waals surface area (Å²) in [7, 11) is 0. The molecular formula is C14H14N2O4. The van der Waals surface area contributed by atoms with Crippen LogP contribution in [0.2, 0.25) is 0 Å². The quantitative estimate of drug-likeness (QED) is 0.516. The van der Waals surface area contributed by atoms with Gasteiger partial charge in [-0.2, -0.15) is 0 Å². The van der Waals surface area contributed by atoms with Gasteiger partial charge in [0.2, 0.25) is 0 Å². The maximum atomic E-state index is 12.1. The van der Waals surface area contributed by atoms with Crippen LogP contribution >= 0.6 is 0 Å². The first-order chi connectivity index (χ1) is 9.49. The molecule has 6 heteroatoms. The molecule has 0 radical (unpaired) electrons. The molecule has 0 aliphatic carbocycles. The zero-order valence-electron chi connectivity index (χ0n) is 11.1. The standard InChI is InChI=1S/C14H14N2O4/c1-9(2)20-12(17)8-11-13(18)16(14(19)15-11)10-6-4-3-5-7-10/h3-9H,1-2H3,(H,15,19)/b11-8-. The van der Waals surface area contributed by atoms with Crippen LogP contribution in [0.1, 0.15) is 13.8 Å². The van der Waals surface area contributed by atoms with Crippen molar-refractivity contribution in [2.75, 3.05) is 4.90 Å². The van der Waals surface area contributed by atoms with Crippen LogP contribution in [-0.4, -0.2) is 24.0 Å². The Morgan fingerprint density at radius 1 is 1.25 bits per heavy atom. The van der Waals surface area contributed by atoms with Crippen molar-refractivity contribution in [3.05, 3.63) is 42.1 Å². The number of hydrogen-bond acceptors (Lipinski definition) is 4. The number of rotatable bonds is 3. The first-order valence-corrected chi connectivity index (χ1v) is 6.12. The van der Waals surface area contributed by atoms with Gasteiger partial charge in [0.05, 0.1) is 17.9 Å². The number of ether oxygens (including phenoxy) is 1. The highest BCUT2D eigenvalue weighted by molar-refractivity contribution is 6.27. The summed E-state index contributed by atoms with van der Waals surface area (Å²) in [6.07, 6.45) is 0.695. The van der Waals surface area contributed by atoms with Crippen LogP contribution in [0.4, 0.5) is 10.5 Å². The number of nitrogens with one attached hydrogen (secondary N) is 1. The molecule has 2 rings (SSSR count). The largest absolute Gasteiger partial charge is 0.460 e. The first kappa shape index (κ1) is 13.8. The van der Waals surface area contributed by atoms with Crippen LogP contribution in [0.5, 0.6) is 0 Å². The van der Waals surface area contributed by atoms with Gasteiger partial charge < -0.3 is 10.1 Å². The number of carbonyl (C=O) groups excluding carboxylic acids is 3. The molecule has 0 bridgehead atoms. The van der Waals surface area contributed by atoms with Crippen molar-refractivity contribution in [2.24, 2.45) is 0 Å². The minimum atomic E-state index is -0.668.